The number of nitrogens with one attached hydrogen (secondary N) is 1. The Morgan fingerprint density at radius 1 is 1.31 bits per heavy atom. The predicted molar refractivity (Wildman–Crippen MR) is 99.7 cm³/mol. The Hall–Kier alpha value is -2.65. The quantitative estimate of drug-likeness (QED) is 0.688. The molecule has 1 N–H and O–H groups in total. The van der Waals surface area contributed by atoms with E-state index < -0.39 is 17.8 Å². The highest BCUT2D eigenvalue weighted by Crippen LogP contribution is 2.34. The van der Waals surface area contributed by atoms with Crippen LogP contribution in [0.4, 0.5) is 13.2 Å². The van der Waals surface area contributed by atoms with Gasteiger partial charge in [-0.05, 0) is 18.9 Å². The molecule has 0 spiro atoms. The molecule has 2 aromatic heterocycles. The number of carbonyl (C=O) groups excluding carboxylic acids is 1. The summed E-state index contributed by atoms with van der Waals surface area (Å²) in [7, 11) is 0. The second-order valence-electron chi connectivity index (χ2n) is 6.63. The van der Waals surface area contributed by atoms with E-state index >= 15 is 0 Å². The summed E-state index contributed by atoms with van der Waals surface area (Å²) in [5.41, 5.74) is -1.04. The first-order valence-electron chi connectivity index (χ1n) is 8.96. The molecule has 29 heavy (non-hydrogen) atoms. The molecule has 10 heteroatoms. The van der Waals surface area contributed by atoms with Crippen molar-refractivity contribution in [2.24, 2.45) is 0 Å². The standard InChI is InChI=1S/C19H16ClF3N4O2/c20-15-16(18(28)24-10-12-7-4-8-29-12)26-27-14(19(21,22)23)9-13(25-17(15)27)11-5-2-1-3-6-11/h1-3,5-6,9,12H,4,7-8,10H2,(H,24,28). The fraction of sp³-hybridized carbons (Fsp3) is 0.316. The Bertz CT molecular complexity index is 1050. The maximum atomic E-state index is 13.7. The van der Waals surface area contributed by atoms with Crippen molar-refractivity contribution in [1.82, 2.24) is 19.9 Å². The number of ether oxygens (including phenoxy) is 1. The summed E-state index contributed by atoms with van der Waals surface area (Å²) in [6.07, 6.45) is -3.13. The summed E-state index contributed by atoms with van der Waals surface area (Å²) in [6, 6.07) is 9.29. The molecule has 4 rings (SSSR count). The number of benzene rings is 1. The molecule has 3 heterocycles. The number of amides is 1. The van der Waals surface area contributed by atoms with Crippen molar-refractivity contribution < 1.29 is 22.7 Å². The summed E-state index contributed by atoms with van der Waals surface area (Å²) in [5.74, 6) is -0.676. The highest BCUT2D eigenvalue weighted by Gasteiger charge is 2.36. The lowest BCUT2D eigenvalue weighted by molar-refractivity contribution is -0.142. The van der Waals surface area contributed by atoms with E-state index in [2.05, 4.69) is 15.4 Å². The van der Waals surface area contributed by atoms with Gasteiger partial charge in [0.1, 0.15) is 5.02 Å². The summed E-state index contributed by atoms with van der Waals surface area (Å²) in [4.78, 5) is 16.7. The van der Waals surface area contributed by atoms with Gasteiger partial charge in [0, 0.05) is 18.7 Å². The molecule has 0 aliphatic carbocycles. The number of alkyl halides is 3. The van der Waals surface area contributed by atoms with Crippen molar-refractivity contribution >= 4 is 23.2 Å². The number of carbonyl (C=O) groups is 1. The van der Waals surface area contributed by atoms with Crippen LogP contribution in [-0.4, -0.2) is 39.8 Å². The summed E-state index contributed by atoms with van der Waals surface area (Å²) >= 11 is 6.22. The van der Waals surface area contributed by atoms with Crippen LogP contribution < -0.4 is 5.32 Å². The first kappa shape index (κ1) is 19.7. The van der Waals surface area contributed by atoms with Crippen molar-refractivity contribution in [3.05, 3.63) is 52.8 Å². The zero-order chi connectivity index (χ0) is 20.6. The number of nitrogens with zero attached hydrogens (tertiary/aromatic N) is 3. The van der Waals surface area contributed by atoms with Gasteiger partial charge in [0.25, 0.3) is 5.91 Å². The minimum Gasteiger partial charge on any atom is -0.376 e. The minimum atomic E-state index is -4.72. The maximum Gasteiger partial charge on any atom is 0.433 e. The van der Waals surface area contributed by atoms with E-state index in [4.69, 9.17) is 16.3 Å². The summed E-state index contributed by atoms with van der Waals surface area (Å²) in [5, 5.41) is 6.18. The number of aromatic nitrogens is 3. The van der Waals surface area contributed by atoms with Crippen molar-refractivity contribution in [2.45, 2.75) is 25.1 Å². The van der Waals surface area contributed by atoms with Crippen molar-refractivity contribution in [3.63, 3.8) is 0 Å². The number of hydrogen-bond donors (Lipinski definition) is 1. The molecule has 0 radical (unpaired) electrons. The molecule has 1 fully saturated rings. The molecule has 1 saturated heterocycles. The molecule has 0 saturated carbocycles. The largest absolute Gasteiger partial charge is 0.433 e. The van der Waals surface area contributed by atoms with Gasteiger partial charge in [-0.3, -0.25) is 4.79 Å². The van der Waals surface area contributed by atoms with Crippen LogP contribution in [0.2, 0.25) is 5.02 Å². The van der Waals surface area contributed by atoms with Crippen LogP contribution in [0, 0.1) is 0 Å². The van der Waals surface area contributed by atoms with E-state index in [0.29, 0.717) is 16.7 Å². The third-order valence-corrected chi connectivity index (χ3v) is 4.97. The molecule has 0 bridgehead atoms. The van der Waals surface area contributed by atoms with E-state index in [9.17, 15) is 18.0 Å². The highest BCUT2D eigenvalue weighted by atomic mass is 35.5. The second kappa shape index (κ2) is 7.64. The molecule has 1 aliphatic rings. The summed E-state index contributed by atoms with van der Waals surface area (Å²) in [6.45, 7) is 0.856. The van der Waals surface area contributed by atoms with Crippen LogP contribution in [0.25, 0.3) is 16.9 Å². The van der Waals surface area contributed by atoms with Gasteiger partial charge in [-0.2, -0.15) is 18.3 Å². The Balaban J connectivity index is 1.76. The van der Waals surface area contributed by atoms with Crippen LogP contribution in [0.1, 0.15) is 29.0 Å². The molecule has 1 unspecified atom stereocenters. The number of rotatable bonds is 4. The van der Waals surface area contributed by atoms with Crippen molar-refractivity contribution in [3.8, 4) is 11.3 Å². The SMILES string of the molecule is O=C(NCC1CCCO1)c1nn2c(C(F)(F)F)cc(-c3ccccc3)nc2c1Cl. The van der Waals surface area contributed by atoms with Gasteiger partial charge in [-0.1, -0.05) is 41.9 Å². The second-order valence-corrected chi connectivity index (χ2v) is 7.01. The van der Waals surface area contributed by atoms with Crippen LogP contribution >= 0.6 is 11.6 Å². The zero-order valence-electron chi connectivity index (χ0n) is 15.0. The lowest BCUT2D eigenvalue weighted by atomic mass is 10.1. The van der Waals surface area contributed by atoms with Gasteiger partial charge in [0.15, 0.2) is 17.0 Å². The van der Waals surface area contributed by atoms with E-state index in [0.717, 1.165) is 18.9 Å². The number of halogens is 4. The average Bonchev–Trinajstić information content (AvgIpc) is 3.33. The van der Waals surface area contributed by atoms with Crippen LogP contribution in [-0.2, 0) is 10.9 Å². The Labute approximate surface area is 168 Å². The molecule has 3 aromatic rings. The number of fused-ring (bicyclic) bond motifs is 1. The lowest BCUT2D eigenvalue weighted by Gasteiger charge is -2.11. The van der Waals surface area contributed by atoms with Gasteiger partial charge in [0.2, 0.25) is 0 Å². The fourth-order valence-electron chi connectivity index (χ4n) is 3.19. The van der Waals surface area contributed by atoms with Crippen LogP contribution in [0.5, 0.6) is 0 Å². The molecule has 1 aromatic carbocycles. The Morgan fingerprint density at radius 2 is 2.07 bits per heavy atom. The lowest BCUT2D eigenvalue weighted by Crippen LogP contribution is -2.32. The van der Waals surface area contributed by atoms with Crippen LogP contribution in [0.15, 0.2) is 36.4 Å². The molecule has 1 amide bonds. The average molecular weight is 425 g/mol. The first-order valence-corrected chi connectivity index (χ1v) is 9.34. The van der Waals surface area contributed by atoms with E-state index in [-0.39, 0.29) is 34.7 Å². The van der Waals surface area contributed by atoms with Gasteiger partial charge in [0.05, 0.1) is 11.8 Å². The van der Waals surface area contributed by atoms with Gasteiger partial charge < -0.3 is 10.1 Å². The predicted octanol–water partition coefficient (Wildman–Crippen LogP) is 3.98. The highest BCUT2D eigenvalue weighted by molar-refractivity contribution is 6.36. The monoisotopic (exact) mass is 424 g/mol. The maximum absolute atomic E-state index is 13.7. The minimum absolute atomic E-state index is 0.0820. The normalized spacial score (nSPS) is 17.0. The van der Waals surface area contributed by atoms with Crippen molar-refractivity contribution in [2.75, 3.05) is 13.2 Å². The van der Waals surface area contributed by atoms with E-state index in [1.54, 1.807) is 30.3 Å². The first-order chi connectivity index (χ1) is 13.8. The topological polar surface area (TPSA) is 68.5 Å². The van der Waals surface area contributed by atoms with E-state index in [1.807, 2.05) is 0 Å². The van der Waals surface area contributed by atoms with E-state index in [1.165, 1.54) is 0 Å². The zero-order valence-corrected chi connectivity index (χ0v) is 15.8. The molecule has 1 atom stereocenters. The fourth-order valence-corrected chi connectivity index (χ4v) is 3.44. The molecule has 6 nitrogen and oxygen atoms in total. The molecular weight excluding hydrogens is 409 g/mol. The van der Waals surface area contributed by atoms with Crippen molar-refractivity contribution in [1.29, 1.82) is 0 Å². The van der Waals surface area contributed by atoms with Gasteiger partial charge >= 0.3 is 6.18 Å². The van der Waals surface area contributed by atoms with Crippen LogP contribution in [0.3, 0.4) is 0 Å². The third kappa shape index (κ3) is 3.92. The number of hydrogen-bond acceptors (Lipinski definition) is 4. The Kier molecular flexibility index (Phi) is 5.18. The third-order valence-electron chi connectivity index (χ3n) is 4.62. The molecular formula is C19H16ClF3N4O2. The van der Waals surface area contributed by atoms with Gasteiger partial charge in [-0.25, -0.2) is 9.50 Å². The Morgan fingerprint density at radius 3 is 2.72 bits per heavy atom. The molecule has 1 aliphatic heterocycles. The molecule has 152 valence electrons. The van der Waals surface area contributed by atoms with Gasteiger partial charge in [-0.15, -0.1) is 0 Å². The smallest absolute Gasteiger partial charge is 0.376 e. The summed E-state index contributed by atoms with van der Waals surface area (Å²) < 4.78 is 47.0.